The van der Waals surface area contributed by atoms with Crippen LogP contribution in [-0.2, 0) is 0 Å². The summed E-state index contributed by atoms with van der Waals surface area (Å²) in [7, 11) is 0. The minimum Gasteiger partial charge on any atom is -0.489 e. The predicted octanol–water partition coefficient (Wildman–Crippen LogP) is 2.96. The number of benzene rings is 2. The summed E-state index contributed by atoms with van der Waals surface area (Å²) in [5.41, 5.74) is 0.921. The summed E-state index contributed by atoms with van der Waals surface area (Å²) in [6.07, 6.45) is 2.88. The smallest absolute Gasteiger partial charge is 0.270 e. The van der Waals surface area contributed by atoms with Gasteiger partial charge in [-0.1, -0.05) is 12.1 Å². The van der Waals surface area contributed by atoms with Crippen LogP contribution >= 0.6 is 0 Å². The first kappa shape index (κ1) is 16.6. The quantitative estimate of drug-likeness (QED) is 0.700. The summed E-state index contributed by atoms with van der Waals surface area (Å²) >= 11 is 0. The molecule has 25 heavy (non-hydrogen) atoms. The van der Waals surface area contributed by atoms with Crippen LogP contribution in [0.2, 0.25) is 0 Å². The van der Waals surface area contributed by atoms with Gasteiger partial charge in [-0.05, 0) is 36.4 Å². The van der Waals surface area contributed by atoms with Gasteiger partial charge in [-0.25, -0.2) is 13.8 Å². The number of hydrogen-bond acceptors (Lipinski definition) is 3. The lowest BCUT2D eigenvalue weighted by atomic mass is 10.3. The molecular formula is C18H15F2N3O2. The van der Waals surface area contributed by atoms with Crippen LogP contribution in [0, 0.1) is 11.6 Å². The van der Waals surface area contributed by atoms with Gasteiger partial charge in [0.25, 0.3) is 5.91 Å². The average Bonchev–Trinajstić information content (AvgIpc) is 3.10. The Kier molecular flexibility index (Phi) is 5.03. The molecule has 1 amide bonds. The number of carbonyl (C=O) groups excluding carboxylic acids is 1. The zero-order valence-corrected chi connectivity index (χ0v) is 13.2. The monoisotopic (exact) mass is 343 g/mol. The molecule has 3 aromatic rings. The van der Waals surface area contributed by atoms with E-state index in [4.69, 9.17) is 4.74 Å². The molecule has 7 heteroatoms. The van der Waals surface area contributed by atoms with Crippen molar-refractivity contribution in [1.82, 2.24) is 14.9 Å². The number of para-hydroxylation sites is 1. The fraction of sp³-hybridized carbons (Fsp3) is 0.111. The number of carbonyl (C=O) groups is 1. The van der Waals surface area contributed by atoms with Crippen molar-refractivity contribution in [2.45, 2.75) is 0 Å². The van der Waals surface area contributed by atoms with Gasteiger partial charge in [0.05, 0.1) is 19.1 Å². The number of imidazole rings is 1. The van der Waals surface area contributed by atoms with E-state index in [-0.39, 0.29) is 30.6 Å². The van der Waals surface area contributed by atoms with Gasteiger partial charge < -0.3 is 10.1 Å². The highest BCUT2D eigenvalue weighted by molar-refractivity contribution is 5.92. The number of nitrogens with zero attached hydrogens (tertiary/aromatic N) is 2. The van der Waals surface area contributed by atoms with Crippen LogP contribution in [0.25, 0.3) is 5.69 Å². The summed E-state index contributed by atoms with van der Waals surface area (Å²) in [5.74, 6) is -1.05. The summed E-state index contributed by atoms with van der Waals surface area (Å²) in [6, 6.07) is 11.8. The number of nitrogens with one attached hydrogen (secondary N) is 1. The SMILES string of the molecule is O=C(NCCOc1ccccc1F)c1cncn1-c1ccc(F)cc1. The van der Waals surface area contributed by atoms with Crippen molar-refractivity contribution in [2.75, 3.05) is 13.2 Å². The van der Waals surface area contributed by atoms with Crippen LogP contribution in [0.1, 0.15) is 10.5 Å². The Balaban J connectivity index is 1.58. The number of amides is 1. The lowest BCUT2D eigenvalue weighted by molar-refractivity contribution is 0.0940. The van der Waals surface area contributed by atoms with Gasteiger partial charge >= 0.3 is 0 Å². The molecule has 0 aliphatic rings. The summed E-state index contributed by atoms with van der Waals surface area (Å²) in [4.78, 5) is 16.2. The first-order chi connectivity index (χ1) is 12.1. The second-order valence-electron chi connectivity index (χ2n) is 5.16. The van der Waals surface area contributed by atoms with Crippen molar-refractivity contribution in [3.05, 3.63) is 78.4 Å². The zero-order valence-electron chi connectivity index (χ0n) is 13.2. The number of rotatable bonds is 6. The van der Waals surface area contributed by atoms with E-state index in [1.807, 2.05) is 0 Å². The molecule has 0 saturated heterocycles. The molecule has 1 aromatic heterocycles. The van der Waals surface area contributed by atoms with Crippen LogP contribution in [-0.4, -0.2) is 28.6 Å². The topological polar surface area (TPSA) is 56.1 Å². The molecule has 3 rings (SSSR count). The van der Waals surface area contributed by atoms with Crippen molar-refractivity contribution in [3.8, 4) is 11.4 Å². The zero-order chi connectivity index (χ0) is 17.6. The normalized spacial score (nSPS) is 10.5. The van der Waals surface area contributed by atoms with E-state index in [9.17, 15) is 13.6 Å². The Hall–Kier alpha value is -3.22. The molecule has 0 spiro atoms. The van der Waals surface area contributed by atoms with Crippen LogP contribution in [0.3, 0.4) is 0 Å². The van der Waals surface area contributed by atoms with E-state index in [1.54, 1.807) is 28.8 Å². The maximum Gasteiger partial charge on any atom is 0.270 e. The molecule has 0 radical (unpaired) electrons. The number of aromatic nitrogens is 2. The molecule has 0 aliphatic carbocycles. The Morgan fingerprint density at radius 2 is 1.88 bits per heavy atom. The molecular weight excluding hydrogens is 328 g/mol. The van der Waals surface area contributed by atoms with Crippen LogP contribution < -0.4 is 10.1 Å². The van der Waals surface area contributed by atoms with Gasteiger partial charge in [0.1, 0.15) is 18.1 Å². The first-order valence-corrected chi connectivity index (χ1v) is 7.59. The Morgan fingerprint density at radius 1 is 1.12 bits per heavy atom. The number of hydrogen-bond donors (Lipinski definition) is 1. The number of halogens is 2. The molecule has 0 bridgehead atoms. The molecule has 0 atom stereocenters. The Morgan fingerprint density at radius 3 is 2.64 bits per heavy atom. The summed E-state index contributed by atoms with van der Waals surface area (Å²) < 4.78 is 33.3. The molecule has 2 aromatic carbocycles. The van der Waals surface area contributed by atoms with Crippen molar-refractivity contribution in [2.24, 2.45) is 0 Å². The standard InChI is InChI=1S/C18H15F2N3O2/c19-13-5-7-14(8-6-13)23-12-21-11-16(23)18(24)22-9-10-25-17-4-2-1-3-15(17)20/h1-8,11-12H,9-10H2,(H,22,24). The van der Waals surface area contributed by atoms with E-state index in [0.717, 1.165) is 0 Å². The van der Waals surface area contributed by atoms with Gasteiger partial charge in [-0.3, -0.25) is 9.36 Å². The predicted molar refractivity (Wildman–Crippen MR) is 87.8 cm³/mol. The van der Waals surface area contributed by atoms with E-state index in [1.165, 1.54) is 36.8 Å². The second kappa shape index (κ2) is 7.57. The van der Waals surface area contributed by atoms with Gasteiger partial charge in [-0.15, -0.1) is 0 Å². The number of ether oxygens (including phenoxy) is 1. The summed E-state index contributed by atoms with van der Waals surface area (Å²) in [5, 5.41) is 2.68. The lowest BCUT2D eigenvalue weighted by Gasteiger charge is -2.10. The van der Waals surface area contributed by atoms with Gasteiger partial charge in [0, 0.05) is 5.69 Å². The molecule has 1 N–H and O–H groups in total. The van der Waals surface area contributed by atoms with E-state index >= 15 is 0 Å². The molecule has 5 nitrogen and oxygen atoms in total. The van der Waals surface area contributed by atoms with Gasteiger partial charge in [0.15, 0.2) is 11.6 Å². The highest BCUT2D eigenvalue weighted by atomic mass is 19.1. The first-order valence-electron chi connectivity index (χ1n) is 7.59. The molecule has 0 fully saturated rings. The Bertz CT molecular complexity index is 863. The van der Waals surface area contributed by atoms with Crippen molar-refractivity contribution in [1.29, 1.82) is 0 Å². The molecule has 1 heterocycles. The largest absolute Gasteiger partial charge is 0.489 e. The van der Waals surface area contributed by atoms with Crippen LogP contribution in [0.5, 0.6) is 5.75 Å². The fourth-order valence-electron chi connectivity index (χ4n) is 2.25. The van der Waals surface area contributed by atoms with E-state index in [0.29, 0.717) is 11.4 Å². The summed E-state index contributed by atoms with van der Waals surface area (Å²) in [6.45, 7) is 0.319. The van der Waals surface area contributed by atoms with Crippen molar-refractivity contribution >= 4 is 5.91 Å². The average molecular weight is 343 g/mol. The minimum absolute atomic E-state index is 0.122. The third-order valence-electron chi connectivity index (χ3n) is 3.46. The van der Waals surface area contributed by atoms with Crippen molar-refractivity contribution < 1.29 is 18.3 Å². The molecule has 0 aliphatic heterocycles. The third kappa shape index (κ3) is 4.00. The molecule has 0 saturated carbocycles. The van der Waals surface area contributed by atoms with E-state index < -0.39 is 5.82 Å². The second-order valence-corrected chi connectivity index (χ2v) is 5.16. The third-order valence-corrected chi connectivity index (χ3v) is 3.46. The highest BCUT2D eigenvalue weighted by Crippen LogP contribution is 2.15. The Labute approximate surface area is 142 Å². The van der Waals surface area contributed by atoms with Crippen molar-refractivity contribution in [3.63, 3.8) is 0 Å². The lowest BCUT2D eigenvalue weighted by Crippen LogP contribution is -2.29. The minimum atomic E-state index is -0.455. The van der Waals surface area contributed by atoms with Gasteiger partial charge in [0.2, 0.25) is 0 Å². The molecule has 128 valence electrons. The maximum absolute atomic E-state index is 13.4. The maximum atomic E-state index is 13.4. The van der Waals surface area contributed by atoms with E-state index in [2.05, 4.69) is 10.3 Å². The fourth-order valence-corrected chi connectivity index (χ4v) is 2.25. The van der Waals surface area contributed by atoms with Crippen LogP contribution in [0.15, 0.2) is 61.1 Å². The highest BCUT2D eigenvalue weighted by Gasteiger charge is 2.13. The molecule has 0 unspecified atom stereocenters. The van der Waals surface area contributed by atoms with Crippen LogP contribution in [0.4, 0.5) is 8.78 Å². The van der Waals surface area contributed by atoms with Gasteiger partial charge in [-0.2, -0.15) is 0 Å².